The smallest absolute Gasteiger partial charge is 0.252 e. The van der Waals surface area contributed by atoms with E-state index >= 15 is 0 Å². The van der Waals surface area contributed by atoms with E-state index in [2.05, 4.69) is 9.89 Å². The Morgan fingerprint density at radius 1 is 1.21 bits per heavy atom. The molecule has 1 amide bonds. The fourth-order valence-corrected chi connectivity index (χ4v) is 5.54. The highest BCUT2D eigenvalue weighted by molar-refractivity contribution is 7.92. The molecule has 2 aromatic rings. The molecule has 0 unspecified atom stereocenters. The first kappa shape index (κ1) is 27.2. The summed E-state index contributed by atoms with van der Waals surface area (Å²) in [7, 11) is -3.67. The van der Waals surface area contributed by atoms with Crippen LogP contribution in [0, 0.1) is 5.41 Å². The number of piperidine rings is 1. The second kappa shape index (κ2) is 11.7. The molecule has 202 valence electrons. The molecule has 0 aromatic heterocycles. The van der Waals surface area contributed by atoms with Crippen molar-refractivity contribution in [3.05, 3.63) is 65.2 Å². The van der Waals surface area contributed by atoms with Crippen LogP contribution in [0.4, 0.5) is 5.69 Å². The molecule has 5 N–H and O–H groups in total. The van der Waals surface area contributed by atoms with Gasteiger partial charge in [0.15, 0.2) is 0 Å². The van der Waals surface area contributed by atoms with E-state index in [1.54, 1.807) is 42.5 Å². The molecule has 2 heterocycles. The number of amides is 1. The van der Waals surface area contributed by atoms with Gasteiger partial charge in [-0.2, -0.15) is 0 Å². The van der Waals surface area contributed by atoms with Gasteiger partial charge in [-0.3, -0.25) is 19.5 Å². The summed E-state index contributed by atoms with van der Waals surface area (Å²) in [6.07, 6.45) is 8.19. The number of nitrogens with one attached hydrogen (secondary N) is 1. The average Bonchev–Trinajstić information content (AvgIpc) is 3.42. The van der Waals surface area contributed by atoms with Crippen molar-refractivity contribution >= 4 is 39.4 Å². The number of rotatable bonds is 9. The predicted octanol–water partition coefficient (Wildman–Crippen LogP) is 2.58. The molecule has 4 rings (SSSR count). The number of nitrogens with zero attached hydrogens (tertiary/aromatic N) is 3. The summed E-state index contributed by atoms with van der Waals surface area (Å²) in [5, 5.41) is 7.58. The highest BCUT2D eigenvalue weighted by Crippen LogP contribution is 2.29. The van der Waals surface area contributed by atoms with Gasteiger partial charge in [-0.1, -0.05) is 30.4 Å². The number of primary amides is 1. The molecular weight excluding hydrogens is 504 g/mol. The van der Waals surface area contributed by atoms with Gasteiger partial charge in [-0.05, 0) is 36.2 Å². The summed E-state index contributed by atoms with van der Waals surface area (Å²) < 4.78 is 32.6. The lowest BCUT2D eigenvalue weighted by Gasteiger charge is -2.34. The molecule has 0 atom stereocenters. The molecule has 0 saturated carbocycles. The Morgan fingerprint density at radius 3 is 2.61 bits per heavy atom. The number of hydrogen-bond donors (Lipinski definition) is 3. The van der Waals surface area contributed by atoms with Gasteiger partial charge in [-0.25, -0.2) is 8.42 Å². The Balaban J connectivity index is 1.48. The van der Waals surface area contributed by atoms with Gasteiger partial charge < -0.3 is 21.1 Å². The fourth-order valence-electron chi connectivity index (χ4n) is 4.69. The molecule has 1 fully saturated rings. The number of anilines is 1. The summed E-state index contributed by atoms with van der Waals surface area (Å²) in [6.45, 7) is 2.62. The standard InChI is InChI=1S/C27H34N6O4S/c1-38(35,36)33(14-4-6-19-5-2-7-20(17-19)26(28)29)21-9-10-24(23(18-21)27(30)34)37-22-11-15-32(16-12-22)25-8-3-13-31-25/h2,4-7,9-10,17-18,22H,3,8,11-16H2,1H3,(H3,28,29)(H2,30,34)/b6-4+. The van der Waals surface area contributed by atoms with Gasteiger partial charge in [0.05, 0.1) is 29.9 Å². The molecule has 0 spiro atoms. The molecule has 2 aliphatic rings. The SMILES string of the molecule is CS(=O)(=O)N(C/C=C/c1cccc(C(=N)N)c1)c1ccc(OC2CCN(C3=NCCC3)CC2)c(C(N)=O)c1. The maximum atomic E-state index is 12.6. The van der Waals surface area contributed by atoms with Crippen molar-refractivity contribution < 1.29 is 17.9 Å². The van der Waals surface area contributed by atoms with Crippen LogP contribution in [0.3, 0.4) is 0 Å². The number of sulfonamides is 1. The van der Waals surface area contributed by atoms with Crippen molar-refractivity contribution in [3.8, 4) is 5.75 Å². The molecule has 0 radical (unpaired) electrons. The minimum Gasteiger partial charge on any atom is -0.489 e. The van der Waals surface area contributed by atoms with Gasteiger partial charge in [0, 0.05) is 44.5 Å². The molecular formula is C27H34N6O4S. The Bertz CT molecular complexity index is 1360. The normalized spacial score (nSPS) is 16.4. The summed E-state index contributed by atoms with van der Waals surface area (Å²) in [5.41, 5.74) is 13.0. The summed E-state index contributed by atoms with van der Waals surface area (Å²) in [5.74, 6) is 0.785. The maximum Gasteiger partial charge on any atom is 0.252 e. The van der Waals surface area contributed by atoms with Crippen LogP contribution in [-0.2, 0) is 10.0 Å². The number of amidine groups is 2. The number of nitrogens with two attached hydrogens (primary N) is 2. The van der Waals surface area contributed by atoms with Crippen LogP contribution in [-0.4, -0.2) is 69.4 Å². The van der Waals surface area contributed by atoms with Crippen LogP contribution < -0.4 is 20.5 Å². The zero-order chi connectivity index (χ0) is 27.3. The highest BCUT2D eigenvalue weighted by atomic mass is 32.2. The van der Waals surface area contributed by atoms with Crippen LogP contribution >= 0.6 is 0 Å². The largest absolute Gasteiger partial charge is 0.489 e. The number of carbonyl (C=O) groups is 1. The van der Waals surface area contributed by atoms with E-state index in [9.17, 15) is 13.2 Å². The Kier molecular flexibility index (Phi) is 8.35. The summed E-state index contributed by atoms with van der Waals surface area (Å²) in [6, 6.07) is 11.8. The van der Waals surface area contributed by atoms with E-state index in [4.69, 9.17) is 21.6 Å². The number of carbonyl (C=O) groups excluding carboxylic acids is 1. The first-order valence-electron chi connectivity index (χ1n) is 12.6. The van der Waals surface area contributed by atoms with E-state index in [-0.39, 0.29) is 24.0 Å². The lowest BCUT2D eigenvalue weighted by atomic mass is 10.1. The number of aliphatic imine (C=N–C) groups is 1. The molecule has 11 heteroatoms. The number of likely N-dealkylation sites (tertiary alicyclic amines) is 1. The van der Waals surface area contributed by atoms with Crippen molar-refractivity contribution in [1.29, 1.82) is 5.41 Å². The van der Waals surface area contributed by atoms with Crippen LogP contribution in [0.5, 0.6) is 5.75 Å². The molecule has 1 saturated heterocycles. The van der Waals surface area contributed by atoms with Gasteiger partial charge in [0.2, 0.25) is 10.0 Å². The van der Waals surface area contributed by atoms with E-state index in [0.717, 1.165) is 57.1 Å². The first-order valence-corrected chi connectivity index (χ1v) is 14.4. The van der Waals surface area contributed by atoms with Crippen LogP contribution in [0.2, 0.25) is 0 Å². The monoisotopic (exact) mass is 538 g/mol. The third-order valence-corrected chi connectivity index (χ3v) is 7.81. The van der Waals surface area contributed by atoms with E-state index < -0.39 is 15.9 Å². The van der Waals surface area contributed by atoms with E-state index in [1.165, 1.54) is 16.2 Å². The van der Waals surface area contributed by atoms with E-state index in [1.807, 2.05) is 6.07 Å². The topological polar surface area (TPSA) is 155 Å². The number of nitrogen functional groups attached to an aromatic ring is 1. The first-order chi connectivity index (χ1) is 18.1. The Labute approximate surface area is 223 Å². The van der Waals surface area contributed by atoms with Crippen LogP contribution in [0.25, 0.3) is 6.08 Å². The Hall–Kier alpha value is -3.86. The molecule has 0 aliphatic carbocycles. The lowest BCUT2D eigenvalue weighted by Crippen LogP contribution is -2.41. The number of ether oxygens (including phenoxy) is 1. The van der Waals surface area contributed by atoms with Gasteiger partial charge >= 0.3 is 0 Å². The van der Waals surface area contributed by atoms with Crippen molar-refractivity contribution in [2.75, 3.05) is 36.7 Å². The van der Waals surface area contributed by atoms with Gasteiger partial charge in [-0.15, -0.1) is 0 Å². The van der Waals surface area contributed by atoms with Crippen molar-refractivity contribution in [2.24, 2.45) is 16.5 Å². The van der Waals surface area contributed by atoms with Crippen molar-refractivity contribution in [3.63, 3.8) is 0 Å². The second-order valence-corrected chi connectivity index (χ2v) is 11.4. The maximum absolute atomic E-state index is 12.6. The number of hydrogen-bond acceptors (Lipinski definition) is 7. The van der Waals surface area contributed by atoms with Crippen LogP contribution in [0.1, 0.15) is 47.2 Å². The minimum absolute atomic E-state index is 0.0316. The third kappa shape index (κ3) is 6.71. The summed E-state index contributed by atoms with van der Waals surface area (Å²) in [4.78, 5) is 19.2. The molecule has 2 aromatic carbocycles. The third-order valence-electron chi connectivity index (χ3n) is 6.65. The minimum atomic E-state index is -3.67. The Morgan fingerprint density at radius 2 is 1.97 bits per heavy atom. The number of benzene rings is 2. The van der Waals surface area contributed by atoms with Crippen molar-refractivity contribution in [2.45, 2.75) is 31.8 Å². The summed E-state index contributed by atoms with van der Waals surface area (Å²) >= 11 is 0. The van der Waals surface area contributed by atoms with Gasteiger partial charge in [0.25, 0.3) is 5.91 Å². The van der Waals surface area contributed by atoms with Crippen molar-refractivity contribution in [1.82, 2.24) is 4.90 Å². The zero-order valence-electron chi connectivity index (χ0n) is 21.5. The second-order valence-electron chi connectivity index (χ2n) is 9.49. The van der Waals surface area contributed by atoms with Gasteiger partial charge in [0.1, 0.15) is 17.7 Å². The predicted molar refractivity (Wildman–Crippen MR) is 150 cm³/mol. The zero-order valence-corrected chi connectivity index (χ0v) is 22.3. The molecule has 38 heavy (non-hydrogen) atoms. The quantitative estimate of drug-likeness (QED) is 0.329. The highest BCUT2D eigenvalue weighted by Gasteiger charge is 2.26. The van der Waals surface area contributed by atoms with Crippen LogP contribution in [0.15, 0.2) is 53.5 Å². The average molecular weight is 539 g/mol. The lowest BCUT2D eigenvalue weighted by molar-refractivity contribution is 0.0982. The molecule has 0 bridgehead atoms. The molecule has 10 nitrogen and oxygen atoms in total. The van der Waals surface area contributed by atoms with E-state index in [0.29, 0.717) is 17.0 Å². The molecule has 2 aliphatic heterocycles. The fraction of sp³-hybridized carbons (Fsp3) is 0.370.